The van der Waals surface area contributed by atoms with Crippen LogP contribution in [-0.4, -0.2) is 4.98 Å². The van der Waals surface area contributed by atoms with Crippen molar-refractivity contribution in [2.24, 2.45) is 11.7 Å². The zero-order valence-corrected chi connectivity index (χ0v) is 12.6. The summed E-state index contributed by atoms with van der Waals surface area (Å²) in [4.78, 5) is 5.92. The number of aromatic nitrogens is 1. The average Bonchev–Trinajstić information content (AvgIpc) is 3.03. The number of hydrogen-bond donors (Lipinski definition) is 1. The van der Waals surface area contributed by atoms with E-state index in [9.17, 15) is 0 Å². The van der Waals surface area contributed by atoms with E-state index in [2.05, 4.69) is 49.6 Å². The highest BCUT2D eigenvalue weighted by Crippen LogP contribution is 2.35. The summed E-state index contributed by atoms with van der Waals surface area (Å²) in [6, 6.07) is 10.7. The number of thiazole rings is 1. The summed E-state index contributed by atoms with van der Waals surface area (Å²) < 4.78 is 1.31. The number of nitrogens with zero attached hydrogens (tertiary/aromatic N) is 1. The van der Waals surface area contributed by atoms with Crippen molar-refractivity contribution in [3.05, 3.63) is 40.7 Å². The lowest BCUT2D eigenvalue weighted by molar-refractivity contribution is 0.512. The minimum atomic E-state index is 0.0353. The van der Waals surface area contributed by atoms with Gasteiger partial charge in [0.15, 0.2) is 0 Å². The van der Waals surface area contributed by atoms with Gasteiger partial charge in [0.2, 0.25) is 0 Å². The molecular formula is C15H16N2S2. The van der Waals surface area contributed by atoms with Crippen LogP contribution in [0.5, 0.6) is 0 Å². The molecule has 0 amide bonds. The molecule has 1 unspecified atom stereocenters. The molecule has 0 bridgehead atoms. The molecule has 0 fully saturated rings. The van der Waals surface area contributed by atoms with Gasteiger partial charge in [-0.3, -0.25) is 0 Å². The van der Waals surface area contributed by atoms with E-state index in [1.54, 1.807) is 22.7 Å². The van der Waals surface area contributed by atoms with Crippen LogP contribution in [-0.2, 0) is 0 Å². The van der Waals surface area contributed by atoms with Crippen molar-refractivity contribution in [2.75, 3.05) is 0 Å². The maximum Gasteiger partial charge on any atom is 0.110 e. The van der Waals surface area contributed by atoms with E-state index in [4.69, 9.17) is 10.7 Å². The van der Waals surface area contributed by atoms with Crippen molar-refractivity contribution in [1.82, 2.24) is 4.98 Å². The van der Waals surface area contributed by atoms with Crippen LogP contribution in [0.4, 0.5) is 0 Å². The lowest BCUT2D eigenvalue weighted by Gasteiger charge is -2.11. The summed E-state index contributed by atoms with van der Waals surface area (Å²) in [5, 5.41) is 4.43. The van der Waals surface area contributed by atoms with E-state index in [0.717, 1.165) is 10.7 Å². The van der Waals surface area contributed by atoms with Gasteiger partial charge in [-0.05, 0) is 23.4 Å². The number of fused-ring (bicyclic) bond motifs is 1. The lowest BCUT2D eigenvalue weighted by Crippen LogP contribution is -2.16. The predicted octanol–water partition coefficient (Wildman–Crippen LogP) is 4.68. The number of thiophene rings is 1. The number of benzene rings is 1. The largest absolute Gasteiger partial charge is 0.322 e. The third-order valence-electron chi connectivity index (χ3n) is 3.20. The summed E-state index contributed by atoms with van der Waals surface area (Å²) >= 11 is 3.45. The first kappa shape index (κ1) is 12.8. The number of nitrogens with two attached hydrogens (primary N) is 1. The van der Waals surface area contributed by atoms with Crippen LogP contribution < -0.4 is 5.73 Å². The van der Waals surface area contributed by atoms with Crippen molar-refractivity contribution in [2.45, 2.75) is 19.9 Å². The number of hydrogen-bond acceptors (Lipinski definition) is 4. The average molecular weight is 288 g/mol. The molecular weight excluding hydrogens is 272 g/mol. The molecule has 0 aliphatic rings. The smallest absolute Gasteiger partial charge is 0.110 e. The third-order valence-corrected chi connectivity index (χ3v) is 5.29. The fourth-order valence-corrected chi connectivity index (χ4v) is 4.04. The van der Waals surface area contributed by atoms with Crippen LogP contribution in [0.3, 0.4) is 0 Å². The van der Waals surface area contributed by atoms with E-state index in [0.29, 0.717) is 5.92 Å². The molecule has 19 heavy (non-hydrogen) atoms. The SMILES string of the molecule is CC(C)C(N)c1nc(-c2cc3ccccc3s2)cs1. The normalized spacial score (nSPS) is 13.3. The molecule has 0 spiro atoms. The summed E-state index contributed by atoms with van der Waals surface area (Å²) in [5.41, 5.74) is 7.21. The third kappa shape index (κ3) is 2.43. The molecule has 0 saturated carbocycles. The Morgan fingerprint density at radius 1 is 1.21 bits per heavy atom. The highest BCUT2D eigenvalue weighted by atomic mass is 32.1. The van der Waals surface area contributed by atoms with Crippen LogP contribution >= 0.6 is 22.7 Å². The molecule has 2 aromatic heterocycles. The van der Waals surface area contributed by atoms with Crippen molar-refractivity contribution in [3.8, 4) is 10.6 Å². The topological polar surface area (TPSA) is 38.9 Å². The summed E-state index contributed by atoms with van der Waals surface area (Å²) in [7, 11) is 0. The van der Waals surface area contributed by atoms with Gasteiger partial charge >= 0.3 is 0 Å². The summed E-state index contributed by atoms with van der Waals surface area (Å²) in [6.45, 7) is 4.26. The van der Waals surface area contributed by atoms with Gasteiger partial charge in [0.05, 0.1) is 16.6 Å². The van der Waals surface area contributed by atoms with Crippen LogP contribution in [0.1, 0.15) is 24.9 Å². The Labute approximate surface area is 120 Å². The Hall–Kier alpha value is -1.23. The fourth-order valence-electron chi connectivity index (χ4n) is 1.95. The molecule has 2 heterocycles. The first-order valence-corrected chi connectivity index (χ1v) is 8.04. The maximum atomic E-state index is 6.16. The van der Waals surface area contributed by atoms with Crippen molar-refractivity contribution in [1.29, 1.82) is 0 Å². The van der Waals surface area contributed by atoms with Crippen LogP contribution in [0.25, 0.3) is 20.7 Å². The molecule has 4 heteroatoms. The van der Waals surface area contributed by atoms with Gasteiger partial charge in [0.1, 0.15) is 5.01 Å². The highest BCUT2D eigenvalue weighted by Gasteiger charge is 2.16. The van der Waals surface area contributed by atoms with E-state index in [1.807, 2.05) is 0 Å². The molecule has 0 aliphatic carbocycles. The maximum absolute atomic E-state index is 6.16. The van der Waals surface area contributed by atoms with Crippen molar-refractivity contribution >= 4 is 32.8 Å². The summed E-state index contributed by atoms with van der Waals surface area (Å²) in [6.07, 6.45) is 0. The molecule has 1 atom stereocenters. The monoisotopic (exact) mass is 288 g/mol. The summed E-state index contributed by atoms with van der Waals surface area (Å²) in [5.74, 6) is 0.418. The Morgan fingerprint density at radius 3 is 2.74 bits per heavy atom. The molecule has 0 radical (unpaired) electrons. The van der Waals surface area contributed by atoms with Crippen molar-refractivity contribution in [3.63, 3.8) is 0 Å². The zero-order valence-electron chi connectivity index (χ0n) is 11.0. The van der Waals surface area contributed by atoms with Gasteiger partial charge < -0.3 is 5.73 Å². The van der Waals surface area contributed by atoms with Crippen LogP contribution in [0, 0.1) is 5.92 Å². The van der Waals surface area contributed by atoms with Crippen LogP contribution in [0.15, 0.2) is 35.7 Å². The zero-order chi connectivity index (χ0) is 13.4. The first-order valence-electron chi connectivity index (χ1n) is 6.35. The second kappa shape index (κ2) is 5.04. The van der Waals surface area contributed by atoms with Gasteiger partial charge in [-0.2, -0.15) is 0 Å². The van der Waals surface area contributed by atoms with Crippen LogP contribution in [0.2, 0.25) is 0 Å². The van der Waals surface area contributed by atoms with E-state index < -0.39 is 0 Å². The molecule has 98 valence electrons. The molecule has 1 aromatic carbocycles. The van der Waals surface area contributed by atoms with Gasteiger partial charge in [0.25, 0.3) is 0 Å². The standard InChI is InChI=1S/C15H16N2S2/c1-9(2)14(16)15-17-11(8-18-15)13-7-10-5-3-4-6-12(10)19-13/h3-9,14H,16H2,1-2H3. The second-order valence-corrected chi connectivity index (χ2v) is 6.96. The number of rotatable bonds is 3. The second-order valence-electron chi connectivity index (χ2n) is 4.99. The molecule has 2 N–H and O–H groups in total. The highest BCUT2D eigenvalue weighted by molar-refractivity contribution is 7.22. The fraction of sp³-hybridized carbons (Fsp3) is 0.267. The Bertz CT molecular complexity index is 664. The Balaban J connectivity index is 1.98. The van der Waals surface area contributed by atoms with Gasteiger partial charge in [-0.1, -0.05) is 32.0 Å². The Morgan fingerprint density at radius 2 is 2.00 bits per heavy atom. The predicted molar refractivity (Wildman–Crippen MR) is 84.7 cm³/mol. The van der Waals surface area contributed by atoms with Crippen molar-refractivity contribution < 1.29 is 0 Å². The van der Waals surface area contributed by atoms with Gasteiger partial charge in [0, 0.05) is 10.1 Å². The molecule has 3 rings (SSSR count). The van der Waals surface area contributed by atoms with E-state index >= 15 is 0 Å². The minimum Gasteiger partial charge on any atom is -0.322 e. The first-order chi connectivity index (χ1) is 9.15. The molecule has 2 nitrogen and oxygen atoms in total. The van der Waals surface area contributed by atoms with E-state index in [1.165, 1.54) is 15.0 Å². The molecule has 0 saturated heterocycles. The molecule has 0 aliphatic heterocycles. The van der Waals surface area contributed by atoms with E-state index in [-0.39, 0.29) is 6.04 Å². The molecule has 3 aromatic rings. The Kier molecular flexibility index (Phi) is 3.39. The quantitative estimate of drug-likeness (QED) is 0.760. The minimum absolute atomic E-state index is 0.0353. The van der Waals surface area contributed by atoms with Gasteiger partial charge in [-0.25, -0.2) is 4.98 Å². The van der Waals surface area contributed by atoms with Gasteiger partial charge in [-0.15, -0.1) is 22.7 Å². The lowest BCUT2D eigenvalue weighted by atomic mass is 10.1.